The van der Waals surface area contributed by atoms with Gasteiger partial charge in [0.1, 0.15) is 21.7 Å². The average Bonchev–Trinajstić information content (AvgIpc) is 3.41. The fraction of sp³-hybridized carbons (Fsp3) is 0.0435. The summed E-state index contributed by atoms with van der Waals surface area (Å²) in [4.78, 5) is 36.8. The number of rotatable bonds is 5. The van der Waals surface area contributed by atoms with E-state index >= 15 is 0 Å². The molecule has 0 aliphatic carbocycles. The van der Waals surface area contributed by atoms with Gasteiger partial charge in [-0.05, 0) is 23.8 Å². The Morgan fingerprint density at radius 3 is 2.52 bits per heavy atom. The van der Waals surface area contributed by atoms with E-state index in [1.54, 1.807) is 30.3 Å². The van der Waals surface area contributed by atoms with Crippen LogP contribution in [0.1, 0.15) is 17.0 Å². The number of hydrogen-bond donors (Lipinski definition) is 0. The molecule has 0 aliphatic rings. The van der Waals surface area contributed by atoms with Crippen molar-refractivity contribution in [3.05, 3.63) is 119 Å². The SMILES string of the molecule is O=c1c(Cc2ccccc2)nnc2s/c(=C/c3ccc(-c4ccccc4[N+](=O)[O-])o3)c(=O)n12. The van der Waals surface area contributed by atoms with Gasteiger partial charge in [-0.2, -0.15) is 0 Å². The zero-order valence-corrected chi connectivity index (χ0v) is 17.7. The first-order valence-corrected chi connectivity index (χ1v) is 10.6. The van der Waals surface area contributed by atoms with Crippen LogP contribution in [0.3, 0.4) is 0 Å². The second-order valence-electron chi connectivity index (χ2n) is 7.12. The molecule has 0 N–H and O–H groups in total. The van der Waals surface area contributed by atoms with Crippen LogP contribution >= 0.6 is 11.3 Å². The molecule has 0 saturated heterocycles. The maximum Gasteiger partial charge on any atom is 0.283 e. The Kier molecular flexibility index (Phi) is 5.11. The van der Waals surface area contributed by atoms with Crippen molar-refractivity contribution >= 4 is 28.1 Å². The highest BCUT2D eigenvalue weighted by atomic mass is 32.1. The molecule has 0 fully saturated rings. The number of para-hydroxylation sites is 1. The van der Waals surface area contributed by atoms with Gasteiger partial charge in [-0.3, -0.25) is 19.7 Å². The van der Waals surface area contributed by atoms with Crippen LogP contribution in [0.15, 0.2) is 80.7 Å². The number of nitrogens with zero attached hydrogens (tertiary/aromatic N) is 4. The Bertz CT molecular complexity index is 1670. The normalized spacial score (nSPS) is 11.8. The van der Waals surface area contributed by atoms with E-state index in [1.165, 1.54) is 12.1 Å². The lowest BCUT2D eigenvalue weighted by molar-refractivity contribution is -0.384. The molecular formula is C23H14N4O5S. The van der Waals surface area contributed by atoms with Crippen LogP contribution in [0.4, 0.5) is 5.69 Å². The summed E-state index contributed by atoms with van der Waals surface area (Å²) in [6.45, 7) is 0. The van der Waals surface area contributed by atoms with Gasteiger partial charge in [0.2, 0.25) is 4.96 Å². The minimum absolute atomic E-state index is 0.0856. The number of thiazole rings is 1. The number of fused-ring (bicyclic) bond motifs is 1. The molecule has 2 aromatic carbocycles. The zero-order valence-electron chi connectivity index (χ0n) is 16.9. The number of nitro benzene ring substituents is 1. The van der Waals surface area contributed by atoms with Gasteiger partial charge in [0.15, 0.2) is 0 Å². The monoisotopic (exact) mass is 458 g/mol. The Balaban J connectivity index is 1.55. The molecule has 0 radical (unpaired) electrons. The molecule has 5 aromatic rings. The van der Waals surface area contributed by atoms with E-state index < -0.39 is 16.0 Å². The van der Waals surface area contributed by atoms with E-state index in [9.17, 15) is 19.7 Å². The summed E-state index contributed by atoms with van der Waals surface area (Å²) < 4.78 is 6.98. The Morgan fingerprint density at radius 2 is 1.73 bits per heavy atom. The van der Waals surface area contributed by atoms with Crippen molar-refractivity contribution in [1.29, 1.82) is 0 Å². The highest BCUT2D eigenvalue weighted by molar-refractivity contribution is 7.15. The maximum absolute atomic E-state index is 12.9. The van der Waals surface area contributed by atoms with Gasteiger partial charge in [-0.1, -0.05) is 53.8 Å². The highest BCUT2D eigenvalue weighted by Crippen LogP contribution is 2.30. The predicted molar refractivity (Wildman–Crippen MR) is 122 cm³/mol. The zero-order chi connectivity index (χ0) is 22.9. The third-order valence-corrected chi connectivity index (χ3v) is 5.95. The summed E-state index contributed by atoms with van der Waals surface area (Å²) >= 11 is 1.01. The standard InChI is InChI=1S/C23H14N4O5S/c28-21-17(12-14-6-2-1-3-7-14)24-25-23-26(21)22(29)20(33-23)13-15-10-11-19(32-15)16-8-4-5-9-18(16)27(30)31/h1-11,13H,12H2/b20-13+. The van der Waals surface area contributed by atoms with Crippen LogP contribution in [0.25, 0.3) is 22.4 Å². The second-order valence-corrected chi connectivity index (χ2v) is 8.13. The van der Waals surface area contributed by atoms with Gasteiger partial charge in [0.05, 0.1) is 10.5 Å². The minimum Gasteiger partial charge on any atom is -0.456 e. The number of aromatic nitrogens is 3. The summed E-state index contributed by atoms with van der Waals surface area (Å²) in [5, 5.41) is 19.4. The van der Waals surface area contributed by atoms with Crippen molar-refractivity contribution in [2.75, 3.05) is 0 Å². The van der Waals surface area contributed by atoms with E-state index in [4.69, 9.17) is 4.42 Å². The lowest BCUT2D eigenvalue weighted by Gasteiger charge is -1.99. The smallest absolute Gasteiger partial charge is 0.283 e. The van der Waals surface area contributed by atoms with Crippen LogP contribution in [0.5, 0.6) is 0 Å². The van der Waals surface area contributed by atoms with Crippen LogP contribution in [0, 0.1) is 10.1 Å². The molecule has 33 heavy (non-hydrogen) atoms. The molecule has 3 aromatic heterocycles. The van der Waals surface area contributed by atoms with Gasteiger partial charge in [-0.15, -0.1) is 10.2 Å². The van der Waals surface area contributed by atoms with Crippen molar-refractivity contribution < 1.29 is 9.34 Å². The third kappa shape index (κ3) is 3.83. The first-order valence-electron chi connectivity index (χ1n) is 9.81. The van der Waals surface area contributed by atoms with Crippen LogP contribution in [-0.4, -0.2) is 19.5 Å². The molecule has 0 atom stereocenters. The Hall–Kier alpha value is -4.44. The molecule has 0 spiro atoms. The molecule has 10 heteroatoms. The molecule has 9 nitrogen and oxygen atoms in total. The van der Waals surface area contributed by atoms with E-state index in [1.807, 2.05) is 30.3 Å². The Labute approximate surface area is 189 Å². The summed E-state index contributed by atoms with van der Waals surface area (Å²) in [5.74, 6) is 0.613. The Morgan fingerprint density at radius 1 is 0.970 bits per heavy atom. The summed E-state index contributed by atoms with van der Waals surface area (Å²) in [6.07, 6.45) is 1.75. The first-order chi connectivity index (χ1) is 16.0. The molecule has 0 unspecified atom stereocenters. The molecule has 3 heterocycles. The van der Waals surface area contributed by atoms with Crippen molar-refractivity contribution in [1.82, 2.24) is 14.6 Å². The summed E-state index contributed by atoms with van der Waals surface area (Å²) in [7, 11) is 0. The quantitative estimate of drug-likeness (QED) is 0.293. The fourth-order valence-corrected chi connectivity index (χ4v) is 4.33. The van der Waals surface area contributed by atoms with Crippen molar-refractivity contribution in [3.8, 4) is 11.3 Å². The molecule has 0 aliphatic heterocycles. The predicted octanol–water partition coefficient (Wildman–Crippen LogP) is 2.82. The summed E-state index contributed by atoms with van der Waals surface area (Å²) in [5.41, 5.74) is 0.275. The van der Waals surface area contributed by atoms with Crippen molar-refractivity contribution in [3.63, 3.8) is 0 Å². The van der Waals surface area contributed by atoms with Gasteiger partial charge in [0.25, 0.3) is 16.8 Å². The number of nitro groups is 1. The highest BCUT2D eigenvalue weighted by Gasteiger charge is 2.17. The summed E-state index contributed by atoms with van der Waals surface area (Å²) in [6, 6.07) is 18.7. The van der Waals surface area contributed by atoms with E-state index in [2.05, 4.69) is 10.2 Å². The van der Waals surface area contributed by atoms with Crippen molar-refractivity contribution in [2.24, 2.45) is 0 Å². The van der Waals surface area contributed by atoms with Gasteiger partial charge in [0, 0.05) is 18.6 Å². The lowest BCUT2D eigenvalue weighted by atomic mass is 10.1. The van der Waals surface area contributed by atoms with E-state index in [0.717, 1.165) is 21.3 Å². The number of hydrogen-bond acceptors (Lipinski definition) is 8. The largest absolute Gasteiger partial charge is 0.456 e. The van der Waals surface area contributed by atoms with Crippen molar-refractivity contribution in [2.45, 2.75) is 6.42 Å². The van der Waals surface area contributed by atoms with Crippen LogP contribution in [-0.2, 0) is 6.42 Å². The third-order valence-electron chi connectivity index (χ3n) is 4.99. The topological polar surface area (TPSA) is 121 Å². The number of furan rings is 1. The average molecular weight is 458 g/mol. The van der Waals surface area contributed by atoms with Crippen LogP contribution in [0.2, 0.25) is 0 Å². The van der Waals surface area contributed by atoms with E-state index in [-0.39, 0.29) is 27.3 Å². The molecule has 0 saturated carbocycles. The van der Waals surface area contributed by atoms with Gasteiger partial charge < -0.3 is 4.42 Å². The molecular weight excluding hydrogens is 444 g/mol. The van der Waals surface area contributed by atoms with Gasteiger partial charge in [-0.25, -0.2) is 4.40 Å². The lowest BCUT2D eigenvalue weighted by Crippen LogP contribution is -2.33. The fourth-order valence-electron chi connectivity index (χ4n) is 3.44. The first kappa shape index (κ1) is 20.5. The molecule has 0 amide bonds. The number of benzene rings is 2. The van der Waals surface area contributed by atoms with Crippen LogP contribution < -0.4 is 15.7 Å². The molecule has 0 bridgehead atoms. The molecule has 162 valence electrons. The molecule has 5 rings (SSSR count). The van der Waals surface area contributed by atoms with E-state index in [0.29, 0.717) is 17.1 Å². The maximum atomic E-state index is 12.9. The van der Waals surface area contributed by atoms with Gasteiger partial charge >= 0.3 is 0 Å². The second kappa shape index (κ2) is 8.24. The minimum atomic E-state index is -0.521.